The van der Waals surface area contributed by atoms with Gasteiger partial charge in [0, 0.05) is 24.3 Å². The van der Waals surface area contributed by atoms with E-state index in [0.717, 1.165) is 31.4 Å². The summed E-state index contributed by atoms with van der Waals surface area (Å²) in [5.41, 5.74) is 0.747. The number of hydrogen-bond acceptors (Lipinski definition) is 2. The Balaban J connectivity index is 1.95. The molecule has 1 aliphatic rings. The van der Waals surface area contributed by atoms with Crippen LogP contribution >= 0.6 is 0 Å². The highest BCUT2D eigenvalue weighted by molar-refractivity contribution is 5.20. The monoisotopic (exact) mass is 251 g/mol. The number of ether oxygens (including phenoxy) is 1. The van der Waals surface area contributed by atoms with Crippen LogP contribution in [0.25, 0.3) is 0 Å². The third-order valence-electron chi connectivity index (χ3n) is 3.68. The molecular formula is C15H22FNO. The Kier molecular flexibility index (Phi) is 4.72. The van der Waals surface area contributed by atoms with Crippen LogP contribution in [0.4, 0.5) is 4.39 Å². The molecule has 1 aromatic rings. The second-order valence-electron chi connectivity index (χ2n) is 5.03. The summed E-state index contributed by atoms with van der Waals surface area (Å²) in [6, 6.07) is 7.46. The van der Waals surface area contributed by atoms with Gasteiger partial charge in [0.05, 0.1) is 6.10 Å². The summed E-state index contributed by atoms with van der Waals surface area (Å²) >= 11 is 0. The Morgan fingerprint density at radius 3 is 2.94 bits per heavy atom. The van der Waals surface area contributed by atoms with Gasteiger partial charge in [0.15, 0.2) is 0 Å². The first kappa shape index (κ1) is 13.5. The lowest BCUT2D eigenvalue weighted by molar-refractivity contribution is -0.00170. The normalized spacial score (nSPS) is 25.9. The average molecular weight is 251 g/mol. The van der Waals surface area contributed by atoms with Crippen LogP contribution in [-0.4, -0.2) is 18.8 Å². The molecule has 1 N–H and O–H groups in total. The first-order chi connectivity index (χ1) is 8.70. The summed E-state index contributed by atoms with van der Waals surface area (Å²) in [7, 11) is 0. The van der Waals surface area contributed by atoms with E-state index >= 15 is 0 Å². The van der Waals surface area contributed by atoms with Gasteiger partial charge in [0.25, 0.3) is 0 Å². The Hall–Kier alpha value is -0.930. The summed E-state index contributed by atoms with van der Waals surface area (Å²) in [6.45, 7) is 4.97. The van der Waals surface area contributed by atoms with Gasteiger partial charge in [-0.15, -0.1) is 0 Å². The number of nitrogens with one attached hydrogen (secondary N) is 1. The molecule has 0 amide bonds. The van der Waals surface area contributed by atoms with Crippen LogP contribution in [-0.2, 0) is 4.74 Å². The van der Waals surface area contributed by atoms with Crippen LogP contribution in [0.1, 0.15) is 44.7 Å². The predicted molar refractivity (Wildman–Crippen MR) is 71.0 cm³/mol. The molecule has 100 valence electrons. The molecule has 2 rings (SSSR count). The molecule has 18 heavy (non-hydrogen) atoms. The number of benzene rings is 1. The lowest BCUT2D eigenvalue weighted by Crippen LogP contribution is -2.40. The summed E-state index contributed by atoms with van der Waals surface area (Å²) in [6.07, 6.45) is 3.43. The highest BCUT2D eigenvalue weighted by Gasteiger charge is 2.23. The van der Waals surface area contributed by atoms with Gasteiger partial charge in [-0.3, -0.25) is 0 Å². The fourth-order valence-electron chi connectivity index (χ4n) is 2.59. The van der Waals surface area contributed by atoms with Crippen molar-refractivity contribution in [2.24, 2.45) is 0 Å². The Morgan fingerprint density at radius 1 is 1.44 bits per heavy atom. The molecule has 2 nitrogen and oxygen atoms in total. The number of hydrogen-bond donors (Lipinski definition) is 1. The van der Waals surface area contributed by atoms with Crippen molar-refractivity contribution in [1.82, 2.24) is 5.32 Å². The lowest BCUT2D eigenvalue weighted by Gasteiger charge is -2.32. The minimum atomic E-state index is -0.128. The fourth-order valence-corrected chi connectivity index (χ4v) is 2.59. The van der Waals surface area contributed by atoms with E-state index in [0.29, 0.717) is 12.1 Å². The molecule has 0 spiro atoms. The number of halogens is 1. The molecule has 0 aliphatic carbocycles. The largest absolute Gasteiger partial charge is 0.378 e. The van der Waals surface area contributed by atoms with E-state index in [4.69, 9.17) is 4.74 Å². The van der Waals surface area contributed by atoms with E-state index in [-0.39, 0.29) is 11.9 Å². The third-order valence-corrected chi connectivity index (χ3v) is 3.68. The smallest absolute Gasteiger partial charge is 0.127 e. The molecule has 0 aromatic heterocycles. The second kappa shape index (κ2) is 6.30. The molecule has 1 heterocycles. The van der Waals surface area contributed by atoms with E-state index < -0.39 is 0 Å². The van der Waals surface area contributed by atoms with Crippen LogP contribution < -0.4 is 5.32 Å². The van der Waals surface area contributed by atoms with Crippen LogP contribution in [0.2, 0.25) is 0 Å². The maximum atomic E-state index is 13.7. The SMILES string of the molecule is CCC1CC(NC(C)c2ccccc2F)CCO1. The number of rotatable bonds is 4. The molecule has 0 bridgehead atoms. The zero-order valence-electron chi connectivity index (χ0n) is 11.2. The van der Waals surface area contributed by atoms with Crippen molar-refractivity contribution in [3.8, 4) is 0 Å². The zero-order valence-corrected chi connectivity index (χ0v) is 11.2. The van der Waals surface area contributed by atoms with Gasteiger partial charge in [0.2, 0.25) is 0 Å². The van der Waals surface area contributed by atoms with Crippen LogP contribution in [0.15, 0.2) is 24.3 Å². The maximum Gasteiger partial charge on any atom is 0.127 e. The van der Waals surface area contributed by atoms with Crippen molar-refractivity contribution in [3.05, 3.63) is 35.6 Å². The first-order valence-electron chi connectivity index (χ1n) is 6.82. The lowest BCUT2D eigenvalue weighted by atomic mass is 9.99. The van der Waals surface area contributed by atoms with Crippen LogP contribution in [0.5, 0.6) is 0 Å². The van der Waals surface area contributed by atoms with Gasteiger partial charge in [0.1, 0.15) is 5.82 Å². The second-order valence-corrected chi connectivity index (χ2v) is 5.03. The van der Waals surface area contributed by atoms with Crippen molar-refractivity contribution >= 4 is 0 Å². The van der Waals surface area contributed by atoms with E-state index in [1.807, 2.05) is 19.1 Å². The van der Waals surface area contributed by atoms with E-state index in [9.17, 15) is 4.39 Å². The Bertz CT molecular complexity index is 383. The highest BCUT2D eigenvalue weighted by Crippen LogP contribution is 2.21. The highest BCUT2D eigenvalue weighted by atomic mass is 19.1. The van der Waals surface area contributed by atoms with E-state index in [1.165, 1.54) is 6.07 Å². The van der Waals surface area contributed by atoms with Gasteiger partial charge in [-0.2, -0.15) is 0 Å². The topological polar surface area (TPSA) is 21.3 Å². The molecular weight excluding hydrogens is 229 g/mol. The molecule has 3 unspecified atom stereocenters. The van der Waals surface area contributed by atoms with Crippen molar-refractivity contribution in [2.75, 3.05) is 6.61 Å². The van der Waals surface area contributed by atoms with Crippen LogP contribution in [0.3, 0.4) is 0 Å². The summed E-state index contributed by atoms with van der Waals surface area (Å²) in [5, 5.41) is 3.52. The molecule has 1 aliphatic heterocycles. The first-order valence-corrected chi connectivity index (χ1v) is 6.82. The molecule has 3 atom stereocenters. The van der Waals surface area contributed by atoms with Gasteiger partial charge in [-0.05, 0) is 32.3 Å². The molecule has 3 heteroatoms. The Labute approximate surface area is 109 Å². The molecule has 1 saturated heterocycles. The zero-order chi connectivity index (χ0) is 13.0. The molecule has 0 radical (unpaired) electrons. The maximum absolute atomic E-state index is 13.7. The van der Waals surface area contributed by atoms with E-state index in [2.05, 4.69) is 12.2 Å². The van der Waals surface area contributed by atoms with E-state index in [1.54, 1.807) is 6.07 Å². The summed E-state index contributed by atoms with van der Waals surface area (Å²) < 4.78 is 19.3. The van der Waals surface area contributed by atoms with Crippen molar-refractivity contribution in [1.29, 1.82) is 0 Å². The van der Waals surface area contributed by atoms with Crippen molar-refractivity contribution < 1.29 is 9.13 Å². The summed E-state index contributed by atoms with van der Waals surface area (Å²) in [4.78, 5) is 0. The predicted octanol–water partition coefficient (Wildman–Crippen LogP) is 3.43. The van der Waals surface area contributed by atoms with Crippen LogP contribution in [0, 0.1) is 5.82 Å². The van der Waals surface area contributed by atoms with Gasteiger partial charge < -0.3 is 10.1 Å². The molecule has 0 saturated carbocycles. The third kappa shape index (κ3) is 3.30. The minimum absolute atomic E-state index is 0.0480. The fraction of sp³-hybridized carbons (Fsp3) is 0.600. The summed E-state index contributed by atoms with van der Waals surface area (Å²) in [5.74, 6) is -0.128. The molecule has 1 fully saturated rings. The minimum Gasteiger partial charge on any atom is -0.378 e. The van der Waals surface area contributed by atoms with Crippen molar-refractivity contribution in [3.63, 3.8) is 0 Å². The van der Waals surface area contributed by atoms with Gasteiger partial charge >= 0.3 is 0 Å². The quantitative estimate of drug-likeness (QED) is 0.885. The van der Waals surface area contributed by atoms with Gasteiger partial charge in [-0.1, -0.05) is 25.1 Å². The van der Waals surface area contributed by atoms with Gasteiger partial charge in [-0.25, -0.2) is 4.39 Å². The Morgan fingerprint density at radius 2 is 2.22 bits per heavy atom. The molecule has 1 aromatic carbocycles. The van der Waals surface area contributed by atoms with Crippen molar-refractivity contribution in [2.45, 2.75) is 51.3 Å². The standard InChI is InChI=1S/C15H22FNO/c1-3-13-10-12(8-9-18-13)17-11(2)14-6-4-5-7-15(14)16/h4-7,11-13,17H,3,8-10H2,1-2H3. The average Bonchev–Trinajstić information content (AvgIpc) is 2.39.